The standard InChI is InChI=1S/C15H21NO/c1-3-16(4-2)12-13-9-10-17-15-8-6-5-7-14(15)11-13/h5-8,12H,3-4,9-11H2,1-2H3/b13-12+. The summed E-state index contributed by atoms with van der Waals surface area (Å²) in [5, 5.41) is 0. The zero-order chi connectivity index (χ0) is 12.1. The molecule has 0 saturated heterocycles. The third kappa shape index (κ3) is 3.02. The van der Waals surface area contributed by atoms with Crippen LogP contribution in [0.4, 0.5) is 0 Å². The first-order chi connectivity index (χ1) is 8.33. The number of benzene rings is 1. The lowest BCUT2D eigenvalue weighted by Crippen LogP contribution is -2.16. The molecule has 2 heteroatoms. The van der Waals surface area contributed by atoms with Crippen LogP contribution in [0.1, 0.15) is 25.8 Å². The number of fused-ring (bicyclic) bond motifs is 1. The van der Waals surface area contributed by atoms with Gasteiger partial charge in [-0.3, -0.25) is 0 Å². The van der Waals surface area contributed by atoms with Gasteiger partial charge in [0.1, 0.15) is 5.75 Å². The van der Waals surface area contributed by atoms with Gasteiger partial charge in [-0.1, -0.05) is 18.2 Å². The Morgan fingerprint density at radius 1 is 1.24 bits per heavy atom. The van der Waals surface area contributed by atoms with Crippen LogP contribution < -0.4 is 4.74 Å². The molecular weight excluding hydrogens is 210 g/mol. The van der Waals surface area contributed by atoms with Crippen molar-refractivity contribution in [3.63, 3.8) is 0 Å². The number of hydrogen-bond donors (Lipinski definition) is 0. The summed E-state index contributed by atoms with van der Waals surface area (Å²) < 4.78 is 5.77. The summed E-state index contributed by atoms with van der Waals surface area (Å²) in [4.78, 5) is 2.35. The summed E-state index contributed by atoms with van der Waals surface area (Å²) in [7, 11) is 0. The van der Waals surface area contributed by atoms with E-state index in [4.69, 9.17) is 4.74 Å². The number of nitrogens with zero attached hydrogens (tertiary/aromatic N) is 1. The lowest BCUT2D eigenvalue weighted by atomic mass is 10.0. The topological polar surface area (TPSA) is 12.5 Å². The molecule has 0 unspecified atom stereocenters. The highest BCUT2D eigenvalue weighted by molar-refractivity contribution is 5.37. The molecule has 0 spiro atoms. The second kappa shape index (κ2) is 5.76. The third-order valence-corrected chi connectivity index (χ3v) is 3.25. The van der Waals surface area contributed by atoms with Crippen LogP contribution >= 0.6 is 0 Å². The minimum atomic E-state index is 0.796. The number of ether oxygens (including phenoxy) is 1. The van der Waals surface area contributed by atoms with E-state index < -0.39 is 0 Å². The molecule has 1 aromatic carbocycles. The first-order valence-electron chi connectivity index (χ1n) is 6.47. The SMILES string of the molecule is CCN(/C=C1\CCOc2ccccc2C1)CC. The molecule has 0 saturated carbocycles. The molecular formula is C15H21NO. The molecule has 92 valence electrons. The molecule has 0 radical (unpaired) electrons. The van der Waals surface area contributed by atoms with E-state index in [1.807, 2.05) is 6.07 Å². The van der Waals surface area contributed by atoms with Crippen LogP contribution in [0.15, 0.2) is 36.0 Å². The predicted molar refractivity (Wildman–Crippen MR) is 71.3 cm³/mol. The van der Waals surface area contributed by atoms with Crippen molar-refractivity contribution < 1.29 is 4.74 Å². The maximum absolute atomic E-state index is 5.77. The first-order valence-corrected chi connectivity index (χ1v) is 6.47. The van der Waals surface area contributed by atoms with Crippen LogP contribution in [-0.2, 0) is 6.42 Å². The molecule has 0 bridgehead atoms. The first kappa shape index (κ1) is 12.0. The Balaban J connectivity index is 2.18. The summed E-state index contributed by atoms with van der Waals surface area (Å²) in [5.41, 5.74) is 2.78. The van der Waals surface area contributed by atoms with Gasteiger partial charge in [0.2, 0.25) is 0 Å². The Morgan fingerprint density at radius 3 is 2.76 bits per heavy atom. The van der Waals surface area contributed by atoms with Crippen LogP contribution in [0.3, 0.4) is 0 Å². The van der Waals surface area contributed by atoms with Crippen molar-refractivity contribution in [3.8, 4) is 5.75 Å². The molecule has 17 heavy (non-hydrogen) atoms. The van der Waals surface area contributed by atoms with Crippen molar-refractivity contribution in [2.24, 2.45) is 0 Å². The maximum Gasteiger partial charge on any atom is 0.122 e. The summed E-state index contributed by atoms with van der Waals surface area (Å²) in [6.45, 7) is 7.33. The van der Waals surface area contributed by atoms with Gasteiger partial charge in [-0.15, -0.1) is 0 Å². The lowest BCUT2D eigenvalue weighted by Gasteiger charge is -2.17. The fraction of sp³-hybridized carbons (Fsp3) is 0.467. The molecule has 0 atom stereocenters. The quantitative estimate of drug-likeness (QED) is 0.792. The van der Waals surface area contributed by atoms with Crippen LogP contribution in [0.5, 0.6) is 5.75 Å². The molecule has 1 aromatic rings. The Morgan fingerprint density at radius 2 is 2.00 bits per heavy atom. The third-order valence-electron chi connectivity index (χ3n) is 3.25. The fourth-order valence-corrected chi connectivity index (χ4v) is 2.19. The smallest absolute Gasteiger partial charge is 0.122 e. The van der Waals surface area contributed by atoms with E-state index in [1.165, 1.54) is 11.1 Å². The Labute approximate surface area is 104 Å². The van der Waals surface area contributed by atoms with Crippen LogP contribution in [-0.4, -0.2) is 24.6 Å². The Kier molecular flexibility index (Phi) is 4.08. The van der Waals surface area contributed by atoms with Crippen molar-refractivity contribution >= 4 is 0 Å². The number of hydrogen-bond acceptors (Lipinski definition) is 2. The van der Waals surface area contributed by atoms with E-state index in [0.717, 1.165) is 38.3 Å². The highest BCUT2D eigenvalue weighted by Crippen LogP contribution is 2.26. The van der Waals surface area contributed by atoms with Gasteiger partial charge in [0.15, 0.2) is 0 Å². The molecule has 2 nitrogen and oxygen atoms in total. The summed E-state index contributed by atoms with van der Waals surface area (Å²) in [6.07, 6.45) is 4.36. The largest absolute Gasteiger partial charge is 0.493 e. The van der Waals surface area contributed by atoms with Crippen molar-refractivity contribution in [2.45, 2.75) is 26.7 Å². The molecule has 0 aromatic heterocycles. The van der Waals surface area contributed by atoms with E-state index in [0.29, 0.717) is 0 Å². The minimum Gasteiger partial charge on any atom is -0.493 e. The van der Waals surface area contributed by atoms with Crippen molar-refractivity contribution in [1.29, 1.82) is 0 Å². The molecule has 0 fully saturated rings. The van der Waals surface area contributed by atoms with Gasteiger partial charge < -0.3 is 9.64 Å². The van der Waals surface area contributed by atoms with Crippen molar-refractivity contribution in [3.05, 3.63) is 41.6 Å². The zero-order valence-electron chi connectivity index (χ0n) is 10.8. The minimum absolute atomic E-state index is 0.796. The van der Waals surface area contributed by atoms with E-state index >= 15 is 0 Å². The fourth-order valence-electron chi connectivity index (χ4n) is 2.19. The summed E-state index contributed by atoms with van der Waals surface area (Å²) in [5.74, 6) is 1.05. The average molecular weight is 231 g/mol. The molecule has 2 rings (SSSR count). The van der Waals surface area contributed by atoms with Gasteiger partial charge >= 0.3 is 0 Å². The second-order valence-corrected chi connectivity index (χ2v) is 4.39. The molecule has 0 N–H and O–H groups in total. The normalized spacial score (nSPS) is 17.2. The highest BCUT2D eigenvalue weighted by Gasteiger charge is 2.11. The van der Waals surface area contributed by atoms with E-state index in [2.05, 4.69) is 43.1 Å². The molecule has 1 aliphatic rings. The van der Waals surface area contributed by atoms with Crippen molar-refractivity contribution in [1.82, 2.24) is 4.90 Å². The van der Waals surface area contributed by atoms with E-state index in [-0.39, 0.29) is 0 Å². The predicted octanol–water partition coefficient (Wildman–Crippen LogP) is 3.24. The van der Waals surface area contributed by atoms with Gasteiger partial charge in [0, 0.05) is 19.5 Å². The van der Waals surface area contributed by atoms with Gasteiger partial charge in [-0.25, -0.2) is 0 Å². The average Bonchev–Trinajstić information content (AvgIpc) is 2.57. The maximum atomic E-state index is 5.77. The van der Waals surface area contributed by atoms with Gasteiger partial charge in [-0.2, -0.15) is 0 Å². The number of rotatable bonds is 3. The van der Waals surface area contributed by atoms with Gasteiger partial charge in [0.05, 0.1) is 6.61 Å². The molecule has 1 aliphatic heterocycles. The second-order valence-electron chi connectivity index (χ2n) is 4.39. The van der Waals surface area contributed by atoms with Crippen molar-refractivity contribution in [2.75, 3.05) is 19.7 Å². The summed E-state index contributed by atoms with van der Waals surface area (Å²) in [6, 6.07) is 8.35. The van der Waals surface area contributed by atoms with Gasteiger partial charge in [-0.05, 0) is 43.7 Å². The zero-order valence-corrected chi connectivity index (χ0v) is 10.8. The van der Waals surface area contributed by atoms with E-state index in [9.17, 15) is 0 Å². The van der Waals surface area contributed by atoms with Crippen LogP contribution in [0.2, 0.25) is 0 Å². The van der Waals surface area contributed by atoms with Crippen LogP contribution in [0, 0.1) is 0 Å². The molecule has 1 heterocycles. The van der Waals surface area contributed by atoms with Gasteiger partial charge in [0.25, 0.3) is 0 Å². The molecule has 0 amide bonds. The highest BCUT2D eigenvalue weighted by atomic mass is 16.5. The monoisotopic (exact) mass is 231 g/mol. The Hall–Kier alpha value is -1.44. The van der Waals surface area contributed by atoms with E-state index in [1.54, 1.807) is 0 Å². The molecule has 0 aliphatic carbocycles. The Bertz CT molecular complexity index is 394. The van der Waals surface area contributed by atoms with Crippen LogP contribution in [0.25, 0.3) is 0 Å². The lowest BCUT2D eigenvalue weighted by molar-refractivity contribution is 0.324. The number of para-hydroxylation sites is 1. The summed E-state index contributed by atoms with van der Waals surface area (Å²) >= 11 is 0.